The third-order valence-corrected chi connectivity index (χ3v) is 5.32. The number of thioether (sulfide) groups is 1. The quantitative estimate of drug-likeness (QED) is 0.533. The molecule has 27 heavy (non-hydrogen) atoms. The van der Waals surface area contributed by atoms with Gasteiger partial charge in [-0.2, -0.15) is 0 Å². The first-order valence-corrected chi connectivity index (χ1v) is 9.56. The van der Waals surface area contributed by atoms with Crippen molar-refractivity contribution in [2.75, 3.05) is 5.32 Å². The molecule has 2 aromatic heterocycles. The fourth-order valence-electron chi connectivity index (χ4n) is 2.59. The van der Waals surface area contributed by atoms with Crippen molar-refractivity contribution < 1.29 is 14.4 Å². The third-order valence-electron chi connectivity index (χ3n) is 4.07. The zero-order chi connectivity index (χ0) is 19.4. The highest BCUT2D eigenvalue weighted by Gasteiger charge is 2.21. The lowest BCUT2D eigenvalue weighted by atomic mass is 10.1. The number of anilines is 1. The minimum absolute atomic E-state index is 0.134. The molecule has 3 aromatic rings. The molecule has 0 fully saturated rings. The number of phenols is 1. The first kappa shape index (κ1) is 19.0. The summed E-state index contributed by atoms with van der Waals surface area (Å²) >= 11 is 1.39. The van der Waals surface area contributed by atoms with Gasteiger partial charge >= 0.3 is 0 Å². The van der Waals surface area contributed by atoms with E-state index in [0.717, 1.165) is 17.0 Å². The molecule has 1 aromatic carbocycles. The van der Waals surface area contributed by atoms with Gasteiger partial charge in [-0.05, 0) is 38.0 Å². The van der Waals surface area contributed by atoms with Gasteiger partial charge in [0, 0.05) is 18.2 Å². The number of carbonyl (C=O) groups is 1. The number of hydrogen-bond donors (Lipinski definition) is 3. The molecule has 0 aliphatic rings. The van der Waals surface area contributed by atoms with E-state index in [2.05, 4.69) is 20.4 Å². The lowest BCUT2D eigenvalue weighted by Crippen LogP contribution is -2.24. The molecular weight excluding hydrogens is 364 g/mol. The predicted octanol–water partition coefficient (Wildman–Crippen LogP) is 3.82. The minimum atomic E-state index is -0.297. The molecule has 0 bridgehead atoms. The summed E-state index contributed by atoms with van der Waals surface area (Å²) < 4.78 is 4.97. The van der Waals surface area contributed by atoms with Gasteiger partial charge in [-0.15, -0.1) is 0 Å². The normalized spacial score (nSPS) is 12.1. The van der Waals surface area contributed by atoms with E-state index in [0.29, 0.717) is 29.6 Å². The van der Waals surface area contributed by atoms with Crippen molar-refractivity contribution in [1.29, 1.82) is 0 Å². The van der Waals surface area contributed by atoms with Gasteiger partial charge in [0.25, 0.3) is 0 Å². The second-order valence-corrected chi connectivity index (χ2v) is 7.48. The van der Waals surface area contributed by atoms with Crippen LogP contribution in [0.2, 0.25) is 0 Å². The molecule has 0 aliphatic carbocycles. The van der Waals surface area contributed by atoms with E-state index in [-0.39, 0.29) is 16.9 Å². The predicted molar refractivity (Wildman–Crippen MR) is 104 cm³/mol. The number of amides is 1. The Hall–Kier alpha value is -2.74. The summed E-state index contributed by atoms with van der Waals surface area (Å²) in [4.78, 5) is 20.4. The van der Waals surface area contributed by atoms with E-state index in [4.69, 9.17) is 4.52 Å². The highest BCUT2D eigenvalue weighted by molar-refractivity contribution is 8.00. The zero-order valence-corrected chi connectivity index (χ0v) is 16.3. The van der Waals surface area contributed by atoms with Crippen molar-refractivity contribution in [2.24, 2.45) is 0 Å². The molecule has 0 saturated heterocycles. The van der Waals surface area contributed by atoms with Crippen LogP contribution >= 0.6 is 11.8 Å². The smallest absolute Gasteiger partial charge is 0.239 e. The highest BCUT2D eigenvalue weighted by atomic mass is 32.2. The summed E-state index contributed by atoms with van der Waals surface area (Å²) in [5.41, 5.74) is 2.95. The fourth-order valence-corrected chi connectivity index (χ4v) is 3.57. The van der Waals surface area contributed by atoms with Gasteiger partial charge in [-0.3, -0.25) is 4.79 Å². The molecule has 0 spiro atoms. The van der Waals surface area contributed by atoms with Crippen molar-refractivity contribution in [3.05, 3.63) is 53.0 Å². The number of imidazole rings is 1. The number of hydrogen-bond acceptors (Lipinski definition) is 6. The number of aromatic amines is 1. The van der Waals surface area contributed by atoms with Crippen LogP contribution in [-0.2, 0) is 11.2 Å². The van der Waals surface area contributed by atoms with Crippen LogP contribution in [0.4, 0.5) is 5.82 Å². The molecule has 1 amide bonds. The van der Waals surface area contributed by atoms with Crippen LogP contribution in [0.5, 0.6) is 5.75 Å². The number of aromatic nitrogens is 3. The van der Waals surface area contributed by atoms with Crippen molar-refractivity contribution in [1.82, 2.24) is 15.1 Å². The second-order valence-electron chi connectivity index (χ2n) is 6.28. The summed E-state index contributed by atoms with van der Waals surface area (Å²) in [6, 6.07) is 8.76. The Morgan fingerprint density at radius 3 is 2.70 bits per heavy atom. The molecule has 142 valence electrons. The van der Waals surface area contributed by atoms with Gasteiger partial charge in [0.05, 0.1) is 10.9 Å². The Morgan fingerprint density at radius 1 is 1.33 bits per heavy atom. The number of H-pyrrole nitrogens is 1. The van der Waals surface area contributed by atoms with Gasteiger partial charge in [-0.25, -0.2) is 4.98 Å². The fraction of sp³-hybridized carbons (Fsp3) is 0.316. The number of phenolic OH excluding ortho intramolecular Hbond substituents is 1. The van der Waals surface area contributed by atoms with Gasteiger partial charge in [0.15, 0.2) is 11.0 Å². The average molecular weight is 386 g/mol. The van der Waals surface area contributed by atoms with E-state index in [9.17, 15) is 9.90 Å². The number of carbonyl (C=O) groups excluding carboxylic acids is 1. The van der Waals surface area contributed by atoms with Gasteiger partial charge in [-0.1, -0.05) is 36.0 Å². The van der Waals surface area contributed by atoms with E-state index in [1.165, 1.54) is 11.8 Å². The molecule has 3 N–H and O–H groups in total. The molecule has 0 aliphatic heterocycles. The van der Waals surface area contributed by atoms with E-state index >= 15 is 0 Å². The van der Waals surface area contributed by atoms with Crippen molar-refractivity contribution in [3.63, 3.8) is 0 Å². The number of rotatable bonds is 7. The average Bonchev–Trinajstić information content (AvgIpc) is 3.20. The minimum Gasteiger partial charge on any atom is -0.508 e. The molecule has 7 nitrogen and oxygen atoms in total. The molecule has 0 radical (unpaired) electrons. The maximum absolute atomic E-state index is 12.5. The van der Waals surface area contributed by atoms with Crippen LogP contribution in [0.15, 0.2) is 40.0 Å². The van der Waals surface area contributed by atoms with Crippen molar-refractivity contribution in [2.45, 2.75) is 44.0 Å². The van der Waals surface area contributed by atoms with Crippen LogP contribution in [0.1, 0.15) is 36.1 Å². The zero-order valence-electron chi connectivity index (χ0n) is 15.4. The molecule has 3 rings (SSSR count). The SMILES string of the molecule is CCC(Sc1nc(Cc2ccc(O)cc2)c(C)[nH]1)C(=O)Nc1cc(C)on1. The largest absolute Gasteiger partial charge is 0.508 e. The highest BCUT2D eigenvalue weighted by Crippen LogP contribution is 2.26. The van der Waals surface area contributed by atoms with Crippen LogP contribution in [0, 0.1) is 13.8 Å². The van der Waals surface area contributed by atoms with Crippen LogP contribution in [0.25, 0.3) is 0 Å². The summed E-state index contributed by atoms with van der Waals surface area (Å²) in [6.45, 7) is 5.69. The Morgan fingerprint density at radius 2 is 2.07 bits per heavy atom. The summed E-state index contributed by atoms with van der Waals surface area (Å²) in [7, 11) is 0. The summed E-state index contributed by atoms with van der Waals surface area (Å²) in [6.07, 6.45) is 1.31. The van der Waals surface area contributed by atoms with Crippen LogP contribution in [0.3, 0.4) is 0 Å². The Kier molecular flexibility index (Phi) is 5.85. The Balaban J connectivity index is 1.66. The lowest BCUT2D eigenvalue weighted by Gasteiger charge is -2.11. The van der Waals surface area contributed by atoms with Crippen LogP contribution < -0.4 is 5.32 Å². The number of aryl methyl sites for hydroxylation is 2. The second kappa shape index (κ2) is 8.30. The van der Waals surface area contributed by atoms with Gasteiger partial charge in [0.1, 0.15) is 11.5 Å². The van der Waals surface area contributed by atoms with Crippen LogP contribution in [-0.4, -0.2) is 31.4 Å². The standard InChI is InChI=1S/C19H22N4O3S/c1-4-16(18(25)22-17-9-11(2)26-23-17)27-19-20-12(3)15(21-19)10-13-5-7-14(24)8-6-13/h5-9,16,24H,4,10H2,1-3H3,(H,20,21)(H,22,23,25). The van der Waals surface area contributed by atoms with E-state index in [1.807, 2.05) is 26.0 Å². The first-order chi connectivity index (χ1) is 12.9. The number of nitrogens with zero attached hydrogens (tertiary/aromatic N) is 2. The number of aromatic hydroxyl groups is 1. The monoisotopic (exact) mass is 386 g/mol. The summed E-state index contributed by atoms with van der Waals surface area (Å²) in [5, 5.41) is 16.4. The van der Waals surface area contributed by atoms with Gasteiger partial charge < -0.3 is 19.9 Å². The first-order valence-electron chi connectivity index (χ1n) is 8.68. The molecule has 1 atom stereocenters. The molecule has 0 saturated carbocycles. The van der Waals surface area contributed by atoms with E-state index in [1.54, 1.807) is 25.1 Å². The number of benzene rings is 1. The molecule has 1 unspecified atom stereocenters. The number of nitrogens with one attached hydrogen (secondary N) is 2. The van der Waals surface area contributed by atoms with E-state index < -0.39 is 0 Å². The third kappa shape index (κ3) is 4.91. The Bertz CT molecular complexity index is 917. The topological polar surface area (TPSA) is 104 Å². The molecule has 2 heterocycles. The molecular formula is C19H22N4O3S. The maximum atomic E-state index is 12.5. The van der Waals surface area contributed by atoms with Gasteiger partial charge in [0.2, 0.25) is 5.91 Å². The van der Waals surface area contributed by atoms with Crippen molar-refractivity contribution >= 4 is 23.5 Å². The lowest BCUT2D eigenvalue weighted by molar-refractivity contribution is -0.115. The molecule has 8 heteroatoms. The van der Waals surface area contributed by atoms with Crippen molar-refractivity contribution in [3.8, 4) is 5.75 Å². The Labute approximate surface area is 161 Å². The summed E-state index contributed by atoms with van der Waals surface area (Å²) in [5.74, 6) is 1.17. The maximum Gasteiger partial charge on any atom is 0.239 e.